The molecule has 0 atom stereocenters. The van der Waals surface area contributed by atoms with Crippen molar-refractivity contribution in [3.63, 3.8) is 0 Å². The number of aromatic amines is 1. The van der Waals surface area contributed by atoms with Crippen molar-refractivity contribution in [3.05, 3.63) is 78.1 Å². The van der Waals surface area contributed by atoms with Crippen LogP contribution in [0.4, 0.5) is 11.4 Å². The average molecular weight is 569 g/mol. The van der Waals surface area contributed by atoms with Gasteiger partial charge in [-0.05, 0) is 80.4 Å². The first-order chi connectivity index (χ1) is 20.1. The number of aryl methyl sites for hydroxylation is 1. The number of aromatic nitrogens is 2. The van der Waals surface area contributed by atoms with Gasteiger partial charge in [0.25, 0.3) is 0 Å². The minimum atomic E-state index is 0.266. The van der Waals surface area contributed by atoms with Gasteiger partial charge < -0.3 is 25.6 Å². The van der Waals surface area contributed by atoms with Crippen molar-refractivity contribution in [2.24, 2.45) is 0 Å². The van der Waals surface area contributed by atoms with Crippen LogP contribution in [0, 0.1) is 6.92 Å². The molecule has 41 heavy (non-hydrogen) atoms. The molecule has 0 radical (unpaired) electrons. The third kappa shape index (κ3) is 6.97. The number of H-pyrrole nitrogens is 1. The predicted octanol–water partition coefficient (Wildman–Crippen LogP) is 5.98. The van der Waals surface area contributed by atoms with Crippen molar-refractivity contribution in [2.75, 3.05) is 57.7 Å². The number of nitrogens with zero attached hydrogens (tertiary/aromatic N) is 3. The van der Waals surface area contributed by atoms with E-state index in [2.05, 4.69) is 98.0 Å². The van der Waals surface area contributed by atoms with Gasteiger partial charge in [-0.2, -0.15) is 0 Å². The lowest BCUT2D eigenvalue weighted by Gasteiger charge is -2.34. The molecular weight excluding hydrogens is 528 g/mol. The van der Waals surface area contributed by atoms with Crippen molar-refractivity contribution in [1.82, 2.24) is 25.1 Å². The largest absolute Gasteiger partial charge is 0.395 e. The van der Waals surface area contributed by atoms with E-state index in [0.717, 1.165) is 68.2 Å². The summed E-state index contributed by atoms with van der Waals surface area (Å²) in [5.74, 6) is 0. The fourth-order valence-electron chi connectivity index (χ4n) is 5.67. The van der Waals surface area contributed by atoms with E-state index < -0.39 is 0 Å². The molecule has 5 aromatic rings. The van der Waals surface area contributed by atoms with Crippen molar-refractivity contribution >= 4 is 43.8 Å². The molecule has 0 saturated carbocycles. The molecule has 8 heteroatoms. The van der Waals surface area contributed by atoms with Gasteiger partial charge in [-0.3, -0.25) is 9.88 Å². The van der Waals surface area contributed by atoms with Gasteiger partial charge in [-0.1, -0.05) is 24.3 Å². The van der Waals surface area contributed by atoms with E-state index in [1.807, 2.05) is 6.20 Å². The van der Waals surface area contributed by atoms with E-state index in [-0.39, 0.29) is 6.61 Å². The molecule has 4 N–H and O–H groups in total. The second-order valence-electron chi connectivity index (χ2n) is 11.1. The molecule has 1 aliphatic heterocycles. The molecule has 0 amide bonds. The molecule has 2 aromatic carbocycles. The Balaban J connectivity index is 0.995. The van der Waals surface area contributed by atoms with Crippen LogP contribution >= 0.6 is 11.3 Å². The first-order valence-corrected chi connectivity index (χ1v) is 15.6. The highest BCUT2D eigenvalue weighted by Crippen LogP contribution is 2.38. The van der Waals surface area contributed by atoms with Crippen LogP contribution in [0.3, 0.4) is 0 Å². The Hall–Kier alpha value is -3.27. The first-order valence-electron chi connectivity index (χ1n) is 14.8. The molecule has 214 valence electrons. The number of pyridine rings is 1. The number of fused-ring (bicyclic) bond motifs is 2. The molecule has 3 aromatic heterocycles. The van der Waals surface area contributed by atoms with Crippen molar-refractivity contribution in [1.29, 1.82) is 0 Å². The summed E-state index contributed by atoms with van der Waals surface area (Å²) in [5.41, 5.74) is 8.05. The van der Waals surface area contributed by atoms with Gasteiger partial charge in [-0.25, -0.2) is 0 Å². The summed E-state index contributed by atoms with van der Waals surface area (Å²) in [5, 5.41) is 17.5. The number of aliphatic hydroxyl groups is 1. The van der Waals surface area contributed by atoms with Gasteiger partial charge in [0.05, 0.1) is 22.5 Å². The second kappa shape index (κ2) is 13.1. The van der Waals surface area contributed by atoms with Crippen molar-refractivity contribution in [3.8, 4) is 10.4 Å². The summed E-state index contributed by atoms with van der Waals surface area (Å²) in [4.78, 5) is 14.2. The number of thiophene rings is 1. The molecule has 4 heterocycles. The van der Waals surface area contributed by atoms with Crippen LogP contribution in [0.1, 0.15) is 24.1 Å². The summed E-state index contributed by atoms with van der Waals surface area (Å²) >= 11 is 1.79. The Labute approximate surface area is 246 Å². The summed E-state index contributed by atoms with van der Waals surface area (Å²) in [6, 6.07) is 21.8. The van der Waals surface area contributed by atoms with Crippen molar-refractivity contribution < 1.29 is 5.11 Å². The van der Waals surface area contributed by atoms with E-state index in [1.54, 1.807) is 11.3 Å². The van der Waals surface area contributed by atoms with Crippen LogP contribution in [0.5, 0.6) is 0 Å². The van der Waals surface area contributed by atoms with Crippen LogP contribution in [0.25, 0.3) is 31.6 Å². The average Bonchev–Trinajstić information content (AvgIpc) is 3.59. The number of hydrogen-bond donors (Lipinski definition) is 4. The number of nitrogens with one attached hydrogen (secondary N) is 3. The topological polar surface area (TPSA) is 79.5 Å². The highest BCUT2D eigenvalue weighted by Gasteiger charge is 2.15. The SMILES string of the molecule is Cc1cc2cc(Nc3ccnc4cc(-c5ccc(CNCCCCN6CCN(CCO)CC6)cc5)sc34)ccc2[nH]1. The Bertz CT molecular complexity index is 1570. The summed E-state index contributed by atoms with van der Waals surface area (Å²) in [6.45, 7) is 10.7. The Morgan fingerprint density at radius 2 is 1.73 bits per heavy atom. The van der Waals surface area contributed by atoms with E-state index in [4.69, 9.17) is 5.11 Å². The number of unbranched alkanes of at least 4 members (excludes halogenated alkanes) is 1. The standard InChI is InChI=1S/C33H40N6OS/c1-24-20-27-21-28(8-9-29(27)36-24)37-30-10-12-35-31-22-32(41-33(30)31)26-6-4-25(5-7-26)23-34-11-2-3-13-38-14-16-39(17-15-38)18-19-40/h4-10,12,20-22,34,36,40H,2-3,11,13-19,23H2,1H3,(H,35,37). The third-order valence-corrected chi connectivity index (χ3v) is 9.18. The monoisotopic (exact) mass is 568 g/mol. The van der Waals surface area contributed by atoms with Gasteiger partial charge in [-0.15, -0.1) is 11.3 Å². The number of aliphatic hydroxyl groups excluding tert-OH is 1. The Kier molecular flexibility index (Phi) is 8.94. The van der Waals surface area contributed by atoms with Crippen LogP contribution < -0.4 is 10.6 Å². The van der Waals surface area contributed by atoms with E-state index in [0.29, 0.717) is 0 Å². The zero-order valence-corrected chi connectivity index (χ0v) is 24.6. The highest BCUT2D eigenvalue weighted by atomic mass is 32.1. The van der Waals surface area contributed by atoms with Gasteiger partial charge in [0.1, 0.15) is 0 Å². The number of β-amino-alcohol motifs (C(OH)–C–C–N with tert-alkyl or cyclic N) is 1. The van der Waals surface area contributed by atoms with E-state index >= 15 is 0 Å². The molecule has 0 unspecified atom stereocenters. The summed E-state index contributed by atoms with van der Waals surface area (Å²) in [6.07, 6.45) is 4.30. The van der Waals surface area contributed by atoms with Gasteiger partial charge in [0.2, 0.25) is 0 Å². The lowest BCUT2D eigenvalue weighted by atomic mass is 10.1. The third-order valence-electron chi connectivity index (χ3n) is 7.97. The maximum Gasteiger partial charge on any atom is 0.0837 e. The lowest BCUT2D eigenvalue weighted by molar-refractivity contribution is 0.111. The molecule has 1 saturated heterocycles. The van der Waals surface area contributed by atoms with Crippen molar-refractivity contribution in [2.45, 2.75) is 26.3 Å². The smallest absolute Gasteiger partial charge is 0.0837 e. The molecular formula is C33H40N6OS. The van der Waals surface area contributed by atoms with Gasteiger partial charge >= 0.3 is 0 Å². The number of rotatable bonds is 12. The number of benzene rings is 2. The second-order valence-corrected chi connectivity index (χ2v) is 12.1. The maximum absolute atomic E-state index is 9.09. The Morgan fingerprint density at radius 1 is 0.927 bits per heavy atom. The van der Waals surface area contributed by atoms with Crippen LogP contribution in [0.15, 0.2) is 66.9 Å². The summed E-state index contributed by atoms with van der Waals surface area (Å²) < 4.78 is 1.17. The number of piperazine rings is 1. The molecule has 0 spiro atoms. The predicted molar refractivity (Wildman–Crippen MR) is 172 cm³/mol. The molecule has 6 rings (SSSR count). The Morgan fingerprint density at radius 3 is 2.54 bits per heavy atom. The van der Waals surface area contributed by atoms with Gasteiger partial charge in [0, 0.05) is 72.6 Å². The van der Waals surface area contributed by atoms with E-state index in [1.165, 1.54) is 51.2 Å². The molecule has 7 nitrogen and oxygen atoms in total. The van der Waals surface area contributed by atoms with Crippen LogP contribution in [0.2, 0.25) is 0 Å². The number of hydrogen-bond acceptors (Lipinski definition) is 7. The molecule has 1 fully saturated rings. The fourth-order valence-corrected chi connectivity index (χ4v) is 6.76. The minimum absolute atomic E-state index is 0.266. The zero-order chi connectivity index (χ0) is 28.0. The maximum atomic E-state index is 9.09. The lowest BCUT2D eigenvalue weighted by Crippen LogP contribution is -2.47. The molecule has 1 aliphatic rings. The molecule has 0 aliphatic carbocycles. The zero-order valence-electron chi connectivity index (χ0n) is 23.8. The minimum Gasteiger partial charge on any atom is -0.395 e. The summed E-state index contributed by atoms with van der Waals surface area (Å²) in [7, 11) is 0. The fraction of sp³-hybridized carbons (Fsp3) is 0.364. The van der Waals surface area contributed by atoms with Gasteiger partial charge in [0.15, 0.2) is 0 Å². The van der Waals surface area contributed by atoms with E-state index in [9.17, 15) is 0 Å². The molecule has 0 bridgehead atoms. The quantitative estimate of drug-likeness (QED) is 0.139. The first kappa shape index (κ1) is 27.9. The van der Waals surface area contributed by atoms with Crippen LogP contribution in [-0.4, -0.2) is 77.3 Å². The number of anilines is 2. The highest BCUT2D eigenvalue weighted by molar-refractivity contribution is 7.22. The van der Waals surface area contributed by atoms with Crippen LogP contribution in [-0.2, 0) is 6.54 Å². The normalized spacial score (nSPS) is 14.8.